The van der Waals surface area contributed by atoms with E-state index in [1.54, 1.807) is 0 Å². The van der Waals surface area contributed by atoms with E-state index in [-0.39, 0.29) is 5.41 Å². The van der Waals surface area contributed by atoms with Gasteiger partial charge in [0.1, 0.15) is 11.2 Å². The van der Waals surface area contributed by atoms with E-state index >= 15 is 0 Å². The zero-order valence-electron chi connectivity index (χ0n) is 31.2. The fourth-order valence-electron chi connectivity index (χ4n) is 9.90. The van der Waals surface area contributed by atoms with Gasteiger partial charge in [-0.15, -0.1) is 0 Å². The first-order valence-corrected chi connectivity index (χ1v) is 19.6. The Hall–Kier alpha value is -6.96. The molecule has 0 spiro atoms. The zero-order chi connectivity index (χ0) is 37.1. The van der Waals surface area contributed by atoms with E-state index in [2.05, 4.69) is 196 Å². The molecule has 0 saturated carbocycles. The third-order valence-electron chi connectivity index (χ3n) is 12.6. The van der Waals surface area contributed by atoms with Crippen molar-refractivity contribution < 1.29 is 4.42 Å². The van der Waals surface area contributed by atoms with Crippen LogP contribution in [-0.2, 0) is 5.41 Å². The number of furan rings is 1. The summed E-state index contributed by atoms with van der Waals surface area (Å²) in [6.45, 7) is 4.72. The Labute approximate surface area is 325 Å². The molecule has 1 heterocycles. The predicted octanol–water partition coefficient (Wildman–Crippen LogP) is 15.5. The molecule has 12 rings (SSSR count). The minimum absolute atomic E-state index is 0.0438. The van der Waals surface area contributed by atoms with Crippen molar-refractivity contribution in [2.45, 2.75) is 19.3 Å². The van der Waals surface area contributed by atoms with Gasteiger partial charge in [0.25, 0.3) is 0 Å². The van der Waals surface area contributed by atoms with Gasteiger partial charge in [-0.05, 0) is 135 Å². The van der Waals surface area contributed by atoms with Crippen LogP contribution in [0.3, 0.4) is 0 Å². The highest BCUT2D eigenvalue weighted by molar-refractivity contribution is 6.23. The van der Waals surface area contributed by atoms with Gasteiger partial charge in [0, 0.05) is 16.2 Å². The molecule has 0 bridgehead atoms. The molecule has 0 amide bonds. The quantitative estimate of drug-likeness (QED) is 0.166. The first-order chi connectivity index (χ1) is 27.5. The van der Waals surface area contributed by atoms with Gasteiger partial charge in [-0.3, -0.25) is 0 Å². The largest absolute Gasteiger partial charge is 0.456 e. The van der Waals surface area contributed by atoms with Crippen molar-refractivity contribution in [1.82, 2.24) is 0 Å². The van der Waals surface area contributed by atoms with Crippen LogP contribution >= 0.6 is 0 Å². The van der Waals surface area contributed by atoms with Crippen molar-refractivity contribution in [2.75, 3.05) is 0 Å². The zero-order valence-corrected chi connectivity index (χ0v) is 31.2. The maximum Gasteiger partial charge on any atom is 0.136 e. The molecule has 0 aliphatic heterocycles. The fourth-order valence-corrected chi connectivity index (χ4v) is 9.90. The number of fused-ring (bicyclic) bond motifs is 11. The molecule has 1 nitrogen and oxygen atoms in total. The highest BCUT2D eigenvalue weighted by Gasteiger charge is 2.35. The standard InChI is InChI=1S/C55H36O/c1-55(2)48-26-23-38(30-45(48)46-29-36-12-3-4-13-37(36)32-49(46)55)33-19-21-35(22-20-33)52-41-15-7-9-17-43(41)53(44-18-10-8-16-42(44)52)39-25-27-50-47(31-39)54-40-14-6-5-11-34(40)24-28-51(54)56-50/h3-32H,1-2H3. The van der Waals surface area contributed by atoms with Crippen LogP contribution in [0, 0.1) is 0 Å². The van der Waals surface area contributed by atoms with Crippen molar-refractivity contribution in [3.8, 4) is 44.5 Å². The molecule has 0 fully saturated rings. The average Bonchev–Trinajstić information content (AvgIpc) is 3.73. The second kappa shape index (κ2) is 11.5. The lowest BCUT2D eigenvalue weighted by Gasteiger charge is -2.22. The van der Waals surface area contributed by atoms with E-state index in [0.717, 1.165) is 16.6 Å². The number of hydrogen-bond donors (Lipinski definition) is 0. The minimum atomic E-state index is -0.0438. The molecular weight excluding hydrogens is 677 g/mol. The second-order valence-corrected chi connectivity index (χ2v) is 16.0. The second-order valence-electron chi connectivity index (χ2n) is 16.0. The Morgan fingerprint density at radius 2 is 0.857 bits per heavy atom. The molecule has 0 radical (unpaired) electrons. The molecule has 56 heavy (non-hydrogen) atoms. The van der Waals surface area contributed by atoms with Crippen molar-refractivity contribution in [3.63, 3.8) is 0 Å². The van der Waals surface area contributed by atoms with Crippen LogP contribution in [0.1, 0.15) is 25.0 Å². The van der Waals surface area contributed by atoms with Crippen LogP contribution < -0.4 is 0 Å². The smallest absolute Gasteiger partial charge is 0.136 e. The molecule has 11 aromatic rings. The summed E-state index contributed by atoms with van der Waals surface area (Å²) in [6.07, 6.45) is 0. The normalized spacial score (nSPS) is 13.3. The molecule has 0 saturated heterocycles. The third kappa shape index (κ3) is 4.43. The van der Waals surface area contributed by atoms with E-state index < -0.39 is 0 Å². The van der Waals surface area contributed by atoms with E-state index in [1.165, 1.54) is 104 Å². The van der Waals surface area contributed by atoms with Gasteiger partial charge < -0.3 is 4.42 Å². The van der Waals surface area contributed by atoms with E-state index in [4.69, 9.17) is 4.42 Å². The van der Waals surface area contributed by atoms with Crippen LogP contribution in [0.2, 0.25) is 0 Å². The molecule has 262 valence electrons. The van der Waals surface area contributed by atoms with Gasteiger partial charge in [-0.25, -0.2) is 0 Å². The molecule has 10 aromatic carbocycles. The lowest BCUT2D eigenvalue weighted by molar-refractivity contribution is 0.661. The molecular formula is C55H36O. The maximum atomic E-state index is 6.41. The number of hydrogen-bond acceptors (Lipinski definition) is 1. The molecule has 1 aliphatic rings. The van der Waals surface area contributed by atoms with Crippen LogP contribution in [0.15, 0.2) is 186 Å². The van der Waals surface area contributed by atoms with Gasteiger partial charge >= 0.3 is 0 Å². The van der Waals surface area contributed by atoms with E-state index in [0.29, 0.717) is 0 Å². The summed E-state index contributed by atoms with van der Waals surface area (Å²) in [4.78, 5) is 0. The molecule has 1 aliphatic carbocycles. The Morgan fingerprint density at radius 1 is 0.339 bits per heavy atom. The highest BCUT2D eigenvalue weighted by Crippen LogP contribution is 2.51. The maximum absolute atomic E-state index is 6.41. The Morgan fingerprint density at radius 3 is 1.55 bits per heavy atom. The third-order valence-corrected chi connectivity index (χ3v) is 12.6. The van der Waals surface area contributed by atoms with E-state index in [1.807, 2.05) is 0 Å². The predicted molar refractivity (Wildman–Crippen MR) is 238 cm³/mol. The summed E-state index contributed by atoms with van der Waals surface area (Å²) in [5, 5.41) is 12.3. The fraction of sp³-hybridized carbons (Fsp3) is 0.0545. The van der Waals surface area contributed by atoms with Gasteiger partial charge in [0.05, 0.1) is 0 Å². The summed E-state index contributed by atoms with van der Waals surface area (Å²) in [5.74, 6) is 0. The van der Waals surface area contributed by atoms with Crippen LogP contribution in [0.5, 0.6) is 0 Å². The summed E-state index contributed by atoms with van der Waals surface area (Å²) < 4.78 is 6.41. The minimum Gasteiger partial charge on any atom is -0.456 e. The Bertz CT molecular complexity index is 3370. The molecule has 1 aromatic heterocycles. The summed E-state index contributed by atoms with van der Waals surface area (Å²) in [6, 6.07) is 67.2. The monoisotopic (exact) mass is 712 g/mol. The molecule has 0 unspecified atom stereocenters. The number of benzene rings is 10. The van der Waals surface area contributed by atoms with Crippen LogP contribution in [-0.4, -0.2) is 0 Å². The van der Waals surface area contributed by atoms with Crippen LogP contribution in [0.4, 0.5) is 0 Å². The summed E-state index contributed by atoms with van der Waals surface area (Å²) in [5.41, 5.74) is 14.7. The molecule has 0 atom stereocenters. The van der Waals surface area contributed by atoms with Crippen molar-refractivity contribution in [1.29, 1.82) is 0 Å². The van der Waals surface area contributed by atoms with Gasteiger partial charge in [-0.1, -0.05) is 159 Å². The van der Waals surface area contributed by atoms with E-state index in [9.17, 15) is 0 Å². The Balaban J connectivity index is 1.00. The first-order valence-electron chi connectivity index (χ1n) is 19.6. The van der Waals surface area contributed by atoms with Crippen molar-refractivity contribution in [3.05, 3.63) is 193 Å². The average molecular weight is 713 g/mol. The van der Waals surface area contributed by atoms with Crippen LogP contribution in [0.25, 0.3) is 110 Å². The SMILES string of the molecule is CC1(C)c2ccc(-c3ccc(-c4c5ccccc5c(-c5ccc6oc7ccc8ccccc8c7c6c5)c5ccccc45)cc3)cc2-c2cc3ccccc3cc21. The highest BCUT2D eigenvalue weighted by atomic mass is 16.3. The lowest BCUT2D eigenvalue weighted by Crippen LogP contribution is -2.14. The molecule has 1 heteroatoms. The van der Waals surface area contributed by atoms with Crippen molar-refractivity contribution >= 4 is 65.0 Å². The van der Waals surface area contributed by atoms with Gasteiger partial charge in [0.15, 0.2) is 0 Å². The Kier molecular flexibility index (Phi) is 6.46. The molecule has 0 N–H and O–H groups in total. The van der Waals surface area contributed by atoms with Gasteiger partial charge in [0.2, 0.25) is 0 Å². The topological polar surface area (TPSA) is 13.1 Å². The lowest BCUT2D eigenvalue weighted by atomic mass is 9.81. The van der Waals surface area contributed by atoms with Crippen molar-refractivity contribution in [2.24, 2.45) is 0 Å². The first kappa shape index (κ1) is 31.4. The van der Waals surface area contributed by atoms with Gasteiger partial charge in [-0.2, -0.15) is 0 Å². The summed E-state index contributed by atoms with van der Waals surface area (Å²) in [7, 11) is 0. The summed E-state index contributed by atoms with van der Waals surface area (Å²) >= 11 is 0. The number of rotatable bonds is 3.